The second-order valence-corrected chi connectivity index (χ2v) is 6.42. The van der Waals surface area contributed by atoms with Crippen molar-refractivity contribution in [3.8, 4) is 0 Å². The van der Waals surface area contributed by atoms with Gasteiger partial charge in [-0.1, -0.05) is 23.3 Å². The summed E-state index contributed by atoms with van der Waals surface area (Å²) >= 11 is 0. The van der Waals surface area contributed by atoms with Gasteiger partial charge < -0.3 is 25.4 Å². The zero-order valence-corrected chi connectivity index (χ0v) is 16.4. The molecule has 0 saturated heterocycles. The van der Waals surface area contributed by atoms with Gasteiger partial charge in [0.1, 0.15) is 24.5 Å². The molecule has 0 heterocycles. The number of hydrogen-bond donors (Lipinski definition) is 5. The van der Waals surface area contributed by atoms with Crippen molar-refractivity contribution in [2.45, 2.75) is 65.0 Å². The monoisotopic (exact) mass is 374 g/mol. The zero-order chi connectivity index (χ0) is 20.1. The molecule has 0 rings (SSSR count). The Hall–Kier alpha value is -1.29. The molecule has 8 nitrogen and oxygen atoms in total. The topological polar surface area (TPSA) is 120 Å². The Morgan fingerprint density at radius 3 is 2.27 bits per heavy atom. The normalized spacial score (nSPS) is 16.5. The molecular weight excluding hydrogens is 340 g/mol. The van der Waals surface area contributed by atoms with E-state index >= 15 is 0 Å². The molecule has 0 radical (unpaired) electrons. The first kappa shape index (κ1) is 24.7. The second-order valence-electron chi connectivity index (χ2n) is 6.42. The molecule has 0 aliphatic rings. The molecule has 4 atom stereocenters. The lowest BCUT2D eigenvalue weighted by Gasteiger charge is -2.30. The van der Waals surface area contributed by atoms with Crippen molar-refractivity contribution in [2.24, 2.45) is 0 Å². The molecule has 0 aliphatic carbocycles. The van der Waals surface area contributed by atoms with Crippen LogP contribution in [0, 0.1) is 0 Å². The number of aliphatic hydroxyl groups is 3. The van der Waals surface area contributed by atoms with Crippen LogP contribution in [0.3, 0.4) is 0 Å². The Morgan fingerprint density at radius 2 is 1.77 bits per heavy atom. The Morgan fingerprint density at radius 1 is 1.12 bits per heavy atom. The third-order valence-corrected chi connectivity index (χ3v) is 3.73. The summed E-state index contributed by atoms with van der Waals surface area (Å²) < 4.78 is 4.89. The van der Waals surface area contributed by atoms with Crippen LogP contribution in [0.4, 0.5) is 0 Å². The number of methoxy groups -OCH3 is 1. The molecule has 26 heavy (non-hydrogen) atoms. The number of carbonyl (C=O) groups excluding carboxylic acids is 1. The van der Waals surface area contributed by atoms with Crippen molar-refractivity contribution < 1.29 is 29.7 Å². The fourth-order valence-electron chi connectivity index (χ4n) is 2.15. The largest absolute Gasteiger partial charge is 0.394 e. The average molecular weight is 374 g/mol. The van der Waals surface area contributed by atoms with Gasteiger partial charge in [0.15, 0.2) is 0 Å². The van der Waals surface area contributed by atoms with Crippen LogP contribution >= 0.6 is 0 Å². The van der Waals surface area contributed by atoms with E-state index in [1.54, 1.807) is 0 Å². The minimum absolute atomic E-state index is 0.229. The fourth-order valence-corrected chi connectivity index (χ4v) is 2.15. The Labute approximate surface area is 155 Å². The summed E-state index contributed by atoms with van der Waals surface area (Å²) in [5.74, 6) is -0.413. The summed E-state index contributed by atoms with van der Waals surface area (Å²) in [6, 6.07) is 0. The van der Waals surface area contributed by atoms with Crippen LogP contribution < -0.4 is 10.8 Å². The summed E-state index contributed by atoms with van der Waals surface area (Å²) in [7, 11) is 1.30. The smallest absolute Gasteiger partial charge is 0.218 e. The number of amides is 1. The van der Waals surface area contributed by atoms with E-state index in [1.165, 1.54) is 19.6 Å². The van der Waals surface area contributed by atoms with Gasteiger partial charge in [0.25, 0.3) is 0 Å². The second kappa shape index (κ2) is 13.9. The average Bonchev–Trinajstić information content (AvgIpc) is 2.57. The molecule has 152 valence electrons. The van der Waals surface area contributed by atoms with Crippen molar-refractivity contribution in [3.05, 3.63) is 23.3 Å². The summed E-state index contributed by atoms with van der Waals surface area (Å²) in [6.07, 6.45) is 1.01. The van der Waals surface area contributed by atoms with Gasteiger partial charge in [0, 0.05) is 14.0 Å². The minimum Gasteiger partial charge on any atom is -0.394 e. The predicted molar refractivity (Wildman–Crippen MR) is 99.0 cm³/mol. The predicted octanol–water partition coefficient (Wildman–Crippen LogP) is 0.392. The standard InChI is InChI=1S/C18H34N2O6/c1-12(2)7-6-8-13(3)9-10-26-20-18(19-14(4)22)17(24)16(23)15(11-21)25-5/h7,9,15-18,20-21,23-24H,6,8,10-11H2,1-5H3,(H,19,22)/b13-9+. The van der Waals surface area contributed by atoms with Crippen molar-refractivity contribution >= 4 is 5.91 Å². The molecule has 0 aromatic carbocycles. The third kappa shape index (κ3) is 10.6. The number of allylic oxidation sites excluding steroid dienone is 3. The van der Waals surface area contributed by atoms with E-state index in [9.17, 15) is 15.0 Å². The van der Waals surface area contributed by atoms with Crippen molar-refractivity contribution in [2.75, 3.05) is 20.3 Å². The number of aliphatic hydroxyl groups excluding tert-OH is 3. The lowest BCUT2D eigenvalue weighted by Crippen LogP contribution is -2.58. The summed E-state index contributed by atoms with van der Waals surface area (Å²) in [6.45, 7) is 7.14. The Balaban J connectivity index is 4.58. The van der Waals surface area contributed by atoms with Crippen LogP contribution in [-0.4, -0.2) is 66.0 Å². The summed E-state index contributed by atoms with van der Waals surface area (Å²) in [5, 5.41) is 31.9. The van der Waals surface area contributed by atoms with Gasteiger partial charge in [0.2, 0.25) is 5.91 Å². The summed E-state index contributed by atoms with van der Waals surface area (Å²) in [4.78, 5) is 16.6. The molecule has 0 bridgehead atoms. The van der Waals surface area contributed by atoms with E-state index < -0.39 is 37.0 Å². The van der Waals surface area contributed by atoms with Crippen molar-refractivity contribution in [1.82, 2.24) is 10.8 Å². The van der Waals surface area contributed by atoms with Crippen LogP contribution in [0.1, 0.15) is 40.5 Å². The van der Waals surface area contributed by atoms with E-state index in [-0.39, 0.29) is 6.61 Å². The molecule has 0 aromatic heterocycles. The molecule has 4 unspecified atom stereocenters. The zero-order valence-electron chi connectivity index (χ0n) is 16.4. The molecule has 0 aliphatic heterocycles. The van der Waals surface area contributed by atoms with Gasteiger partial charge in [-0.25, -0.2) is 0 Å². The quantitative estimate of drug-likeness (QED) is 0.137. The summed E-state index contributed by atoms with van der Waals surface area (Å²) in [5.41, 5.74) is 4.96. The number of carbonyl (C=O) groups is 1. The molecule has 0 spiro atoms. The molecule has 5 N–H and O–H groups in total. The van der Waals surface area contributed by atoms with E-state index in [0.29, 0.717) is 0 Å². The fraction of sp³-hybridized carbons (Fsp3) is 0.722. The van der Waals surface area contributed by atoms with Gasteiger partial charge in [-0.3, -0.25) is 9.63 Å². The maximum atomic E-state index is 11.3. The van der Waals surface area contributed by atoms with E-state index in [4.69, 9.17) is 14.7 Å². The SMILES string of the molecule is COC(CO)C(O)C(O)C(NOC/C=C(\C)CCC=C(C)C)NC(C)=O. The first-order valence-corrected chi connectivity index (χ1v) is 8.66. The van der Waals surface area contributed by atoms with Crippen molar-refractivity contribution in [1.29, 1.82) is 0 Å². The highest BCUT2D eigenvalue weighted by atomic mass is 16.6. The Kier molecular flexibility index (Phi) is 13.2. The van der Waals surface area contributed by atoms with E-state index in [1.807, 2.05) is 13.0 Å². The molecule has 8 heteroatoms. The molecule has 0 fully saturated rings. The first-order valence-electron chi connectivity index (χ1n) is 8.66. The molecule has 0 saturated carbocycles. The maximum Gasteiger partial charge on any atom is 0.218 e. The van der Waals surface area contributed by atoms with Crippen LogP contribution in [0.15, 0.2) is 23.3 Å². The number of rotatable bonds is 13. The number of nitrogens with one attached hydrogen (secondary N) is 2. The highest BCUT2D eigenvalue weighted by molar-refractivity contribution is 5.73. The highest BCUT2D eigenvalue weighted by Crippen LogP contribution is 2.08. The van der Waals surface area contributed by atoms with Crippen LogP contribution in [0.25, 0.3) is 0 Å². The lowest BCUT2D eigenvalue weighted by molar-refractivity contribution is -0.135. The first-order chi connectivity index (χ1) is 12.2. The van der Waals surface area contributed by atoms with Crippen molar-refractivity contribution in [3.63, 3.8) is 0 Å². The molecule has 1 amide bonds. The van der Waals surface area contributed by atoms with Crippen LogP contribution in [0.5, 0.6) is 0 Å². The number of hydroxylamine groups is 1. The van der Waals surface area contributed by atoms with Crippen LogP contribution in [0.2, 0.25) is 0 Å². The number of ether oxygens (including phenoxy) is 1. The van der Waals surface area contributed by atoms with E-state index in [2.05, 4.69) is 30.7 Å². The highest BCUT2D eigenvalue weighted by Gasteiger charge is 2.32. The minimum atomic E-state index is -1.45. The Bertz CT molecular complexity index is 459. The van der Waals surface area contributed by atoms with E-state index in [0.717, 1.165) is 18.4 Å². The van der Waals surface area contributed by atoms with Crippen LogP contribution in [-0.2, 0) is 14.4 Å². The van der Waals surface area contributed by atoms with Gasteiger partial charge in [0.05, 0.1) is 13.2 Å². The lowest BCUT2D eigenvalue weighted by atomic mass is 10.1. The van der Waals surface area contributed by atoms with Gasteiger partial charge >= 0.3 is 0 Å². The maximum absolute atomic E-state index is 11.3. The number of hydrogen-bond acceptors (Lipinski definition) is 7. The van der Waals surface area contributed by atoms with Gasteiger partial charge in [-0.05, 0) is 33.6 Å². The molecular formula is C18H34N2O6. The van der Waals surface area contributed by atoms with Gasteiger partial charge in [-0.2, -0.15) is 5.48 Å². The third-order valence-electron chi connectivity index (χ3n) is 3.73. The van der Waals surface area contributed by atoms with Gasteiger partial charge in [-0.15, -0.1) is 0 Å². The molecule has 0 aromatic rings.